The summed E-state index contributed by atoms with van der Waals surface area (Å²) in [6.07, 6.45) is 1.79. The van der Waals surface area contributed by atoms with Crippen molar-refractivity contribution in [3.05, 3.63) is 0 Å². The molecule has 0 radical (unpaired) electrons. The van der Waals surface area contributed by atoms with Gasteiger partial charge in [0.15, 0.2) is 0 Å². The van der Waals surface area contributed by atoms with Gasteiger partial charge in [-0.1, -0.05) is 0 Å². The summed E-state index contributed by atoms with van der Waals surface area (Å²) in [5.41, 5.74) is 0. The molecule has 0 unspecified atom stereocenters. The number of rotatable bonds is 3. The van der Waals surface area contributed by atoms with Gasteiger partial charge >= 0.3 is 5.97 Å². The highest BCUT2D eigenvalue weighted by Gasteiger charge is 2.47. The standard InChI is InChI=1S/C8H14N2O4S/c1-6(8(11)12)9-4-5-10(7-2-3-7)15(9,13)14/h6-7H,2-5H2,1H3,(H,11,12)/t6-/m0/s1. The third kappa shape index (κ3) is 1.75. The average Bonchev–Trinajstić information content (AvgIpc) is 2.90. The van der Waals surface area contributed by atoms with Crippen molar-refractivity contribution in [2.45, 2.75) is 31.8 Å². The average molecular weight is 234 g/mol. The number of aliphatic carboxylic acids is 1. The third-order valence-corrected chi connectivity index (χ3v) is 5.04. The normalized spacial score (nSPS) is 29.1. The molecule has 0 spiro atoms. The molecule has 1 saturated carbocycles. The van der Waals surface area contributed by atoms with Crippen LogP contribution in [0.1, 0.15) is 19.8 Å². The first kappa shape index (κ1) is 10.8. The Bertz CT molecular complexity index is 376. The molecule has 2 fully saturated rings. The molecule has 0 aromatic carbocycles. The SMILES string of the molecule is C[C@@H](C(=O)O)N1CCN(C2CC2)S1(=O)=O. The molecule has 1 atom stereocenters. The Labute approximate surface area is 88.7 Å². The lowest BCUT2D eigenvalue weighted by Gasteiger charge is -2.21. The predicted molar refractivity (Wildman–Crippen MR) is 52.5 cm³/mol. The molecule has 0 bridgehead atoms. The van der Waals surface area contributed by atoms with Crippen molar-refractivity contribution in [2.24, 2.45) is 0 Å². The smallest absolute Gasteiger partial charge is 0.321 e. The number of carboxylic acid groups (broad SMARTS) is 1. The summed E-state index contributed by atoms with van der Waals surface area (Å²) in [6, 6.07) is -0.861. The summed E-state index contributed by atoms with van der Waals surface area (Å²) in [4.78, 5) is 10.7. The van der Waals surface area contributed by atoms with Gasteiger partial charge in [0.05, 0.1) is 0 Å². The highest BCUT2D eigenvalue weighted by molar-refractivity contribution is 7.87. The van der Waals surface area contributed by atoms with Crippen molar-refractivity contribution in [3.63, 3.8) is 0 Å². The van der Waals surface area contributed by atoms with Crippen LogP contribution in [0, 0.1) is 0 Å². The lowest BCUT2D eigenvalue weighted by Crippen LogP contribution is -2.43. The van der Waals surface area contributed by atoms with Crippen LogP contribution in [0.5, 0.6) is 0 Å². The molecule has 1 aliphatic carbocycles. The van der Waals surface area contributed by atoms with Crippen LogP contribution < -0.4 is 0 Å². The van der Waals surface area contributed by atoms with Crippen molar-refractivity contribution in [2.75, 3.05) is 13.1 Å². The van der Waals surface area contributed by atoms with Crippen LogP contribution in [-0.4, -0.2) is 53.3 Å². The van der Waals surface area contributed by atoms with Gasteiger partial charge in [-0.15, -0.1) is 0 Å². The van der Waals surface area contributed by atoms with Crippen LogP contribution in [0.25, 0.3) is 0 Å². The van der Waals surface area contributed by atoms with Crippen LogP contribution in [0.15, 0.2) is 0 Å². The monoisotopic (exact) mass is 234 g/mol. The zero-order valence-corrected chi connectivity index (χ0v) is 9.27. The summed E-state index contributed by atoms with van der Waals surface area (Å²) in [7, 11) is -3.52. The van der Waals surface area contributed by atoms with Crippen LogP contribution in [0.2, 0.25) is 0 Å². The maximum Gasteiger partial charge on any atom is 0.321 e. The Hall–Kier alpha value is -0.660. The van der Waals surface area contributed by atoms with E-state index in [1.54, 1.807) is 0 Å². The predicted octanol–water partition coefficient (Wildman–Crippen LogP) is -0.516. The van der Waals surface area contributed by atoms with E-state index in [1.807, 2.05) is 0 Å². The molecular formula is C8H14N2O4S. The van der Waals surface area contributed by atoms with Crippen LogP contribution in [0.4, 0.5) is 0 Å². The van der Waals surface area contributed by atoms with Gasteiger partial charge in [-0.3, -0.25) is 4.79 Å². The fourth-order valence-electron chi connectivity index (χ4n) is 1.81. The molecule has 0 aromatic rings. The van der Waals surface area contributed by atoms with Gasteiger partial charge in [0.1, 0.15) is 6.04 Å². The van der Waals surface area contributed by atoms with Crippen LogP contribution in [-0.2, 0) is 15.0 Å². The second-order valence-electron chi connectivity index (χ2n) is 3.97. The van der Waals surface area contributed by atoms with E-state index in [0.717, 1.165) is 17.1 Å². The van der Waals surface area contributed by atoms with Crippen molar-refractivity contribution in [3.8, 4) is 0 Å². The molecule has 1 heterocycles. The summed E-state index contributed by atoms with van der Waals surface area (Å²) >= 11 is 0. The first-order valence-corrected chi connectivity index (χ1v) is 6.35. The maximum absolute atomic E-state index is 11.9. The minimum absolute atomic E-state index is 0.112. The van der Waals surface area contributed by atoms with Gasteiger partial charge in [-0.25, -0.2) is 0 Å². The molecule has 0 amide bonds. The van der Waals surface area contributed by atoms with Crippen LogP contribution in [0.3, 0.4) is 0 Å². The summed E-state index contributed by atoms with van der Waals surface area (Å²) in [6.45, 7) is 2.10. The van der Waals surface area contributed by atoms with E-state index < -0.39 is 22.2 Å². The van der Waals surface area contributed by atoms with E-state index in [1.165, 1.54) is 11.2 Å². The zero-order chi connectivity index (χ0) is 11.2. The fraction of sp³-hybridized carbons (Fsp3) is 0.875. The lowest BCUT2D eigenvalue weighted by molar-refractivity contribution is -0.140. The van der Waals surface area contributed by atoms with E-state index >= 15 is 0 Å². The fourth-order valence-corrected chi connectivity index (χ4v) is 3.78. The summed E-state index contributed by atoms with van der Waals surface area (Å²) in [5, 5.41) is 8.79. The molecular weight excluding hydrogens is 220 g/mol. The van der Waals surface area contributed by atoms with Gasteiger partial charge in [0.2, 0.25) is 0 Å². The Kier molecular flexibility index (Phi) is 2.48. The number of hydrogen-bond acceptors (Lipinski definition) is 3. The lowest BCUT2D eigenvalue weighted by atomic mass is 10.3. The highest BCUT2D eigenvalue weighted by atomic mass is 32.2. The number of carbonyl (C=O) groups is 1. The Balaban J connectivity index is 2.19. The molecule has 7 heteroatoms. The Morgan fingerprint density at radius 2 is 2.00 bits per heavy atom. The highest BCUT2D eigenvalue weighted by Crippen LogP contribution is 2.33. The number of hydrogen-bond donors (Lipinski definition) is 1. The number of carboxylic acids is 1. The number of nitrogens with zero attached hydrogens (tertiary/aromatic N) is 2. The van der Waals surface area contributed by atoms with E-state index in [-0.39, 0.29) is 12.6 Å². The third-order valence-electron chi connectivity index (χ3n) is 2.88. The molecule has 1 saturated heterocycles. The molecule has 15 heavy (non-hydrogen) atoms. The van der Waals surface area contributed by atoms with Gasteiger partial charge in [0.25, 0.3) is 10.2 Å². The Morgan fingerprint density at radius 3 is 2.47 bits per heavy atom. The molecule has 1 aliphatic heterocycles. The quantitative estimate of drug-likeness (QED) is 0.713. The minimum Gasteiger partial charge on any atom is -0.480 e. The van der Waals surface area contributed by atoms with E-state index in [4.69, 9.17) is 5.11 Å². The summed E-state index contributed by atoms with van der Waals surface area (Å²) < 4.78 is 26.3. The van der Waals surface area contributed by atoms with Crippen molar-refractivity contribution in [1.29, 1.82) is 0 Å². The van der Waals surface area contributed by atoms with E-state index in [9.17, 15) is 13.2 Å². The van der Waals surface area contributed by atoms with Crippen molar-refractivity contribution < 1.29 is 18.3 Å². The van der Waals surface area contributed by atoms with Gasteiger partial charge in [-0.2, -0.15) is 17.0 Å². The van der Waals surface area contributed by atoms with Crippen molar-refractivity contribution in [1.82, 2.24) is 8.61 Å². The summed E-state index contributed by atoms with van der Waals surface area (Å²) in [5.74, 6) is -1.10. The second-order valence-corrected chi connectivity index (χ2v) is 5.81. The molecule has 0 aromatic heterocycles. The van der Waals surface area contributed by atoms with Gasteiger partial charge in [-0.05, 0) is 19.8 Å². The Morgan fingerprint density at radius 1 is 1.40 bits per heavy atom. The largest absolute Gasteiger partial charge is 0.480 e. The first-order chi connectivity index (χ1) is 6.94. The molecule has 6 nitrogen and oxygen atoms in total. The van der Waals surface area contributed by atoms with E-state index in [0.29, 0.717) is 6.54 Å². The maximum atomic E-state index is 11.9. The molecule has 1 N–H and O–H groups in total. The van der Waals surface area contributed by atoms with Crippen molar-refractivity contribution >= 4 is 16.2 Å². The van der Waals surface area contributed by atoms with Gasteiger partial charge < -0.3 is 5.11 Å². The molecule has 2 aliphatic rings. The molecule has 2 rings (SSSR count). The zero-order valence-electron chi connectivity index (χ0n) is 8.46. The van der Waals surface area contributed by atoms with E-state index in [2.05, 4.69) is 0 Å². The van der Waals surface area contributed by atoms with Gasteiger partial charge in [0, 0.05) is 19.1 Å². The first-order valence-electron chi connectivity index (χ1n) is 4.96. The topological polar surface area (TPSA) is 77.9 Å². The van der Waals surface area contributed by atoms with Crippen LogP contribution >= 0.6 is 0 Å². The second kappa shape index (κ2) is 3.43. The minimum atomic E-state index is -3.52. The molecule has 86 valence electrons.